The highest BCUT2D eigenvalue weighted by Gasteiger charge is 2.13. The minimum absolute atomic E-state index is 0.0385. The first kappa shape index (κ1) is 14.9. The zero-order chi connectivity index (χ0) is 12.6. The molecule has 94 valence electrons. The molecule has 0 aliphatic heterocycles. The van der Waals surface area contributed by atoms with Gasteiger partial charge in [0.05, 0.1) is 6.42 Å². The van der Waals surface area contributed by atoms with E-state index in [1.807, 2.05) is 0 Å². The van der Waals surface area contributed by atoms with Gasteiger partial charge in [0.1, 0.15) is 0 Å². The molecule has 1 unspecified atom stereocenters. The predicted octanol–water partition coefficient (Wildman–Crippen LogP) is 0.588. The number of amides is 1. The molecule has 0 saturated heterocycles. The maximum atomic E-state index is 11.4. The summed E-state index contributed by atoms with van der Waals surface area (Å²) in [4.78, 5) is 21.6. The Morgan fingerprint density at radius 2 is 2.00 bits per heavy atom. The van der Waals surface area contributed by atoms with Gasteiger partial charge in [0.2, 0.25) is 5.91 Å². The van der Waals surface area contributed by atoms with Gasteiger partial charge in [-0.25, -0.2) is 0 Å². The third-order valence-electron chi connectivity index (χ3n) is 2.27. The number of nitrogens with two attached hydrogens (primary N) is 1. The molecule has 5 heteroatoms. The smallest absolute Gasteiger partial charge is 0.305 e. The van der Waals surface area contributed by atoms with Crippen LogP contribution in [0.25, 0.3) is 0 Å². The van der Waals surface area contributed by atoms with E-state index in [1.165, 1.54) is 0 Å². The first-order chi connectivity index (χ1) is 7.45. The highest BCUT2D eigenvalue weighted by Crippen LogP contribution is 2.13. The summed E-state index contributed by atoms with van der Waals surface area (Å²) in [5.41, 5.74) is 5.57. The monoisotopic (exact) mass is 230 g/mol. The maximum absolute atomic E-state index is 11.4. The molecule has 0 aromatic carbocycles. The number of carbonyl (C=O) groups is 2. The largest absolute Gasteiger partial charge is 0.481 e. The highest BCUT2D eigenvalue weighted by atomic mass is 16.4. The molecule has 0 saturated carbocycles. The standard InChI is InChI=1S/C11H22N2O3/c1-8(2)5-9(7-12)6-10(14)13-4-3-11(15)16/h8-9H,3-7,12H2,1-2H3,(H,13,14)(H,15,16). The number of hydrogen-bond donors (Lipinski definition) is 3. The van der Waals surface area contributed by atoms with Crippen molar-refractivity contribution in [3.63, 3.8) is 0 Å². The Morgan fingerprint density at radius 3 is 2.44 bits per heavy atom. The first-order valence-electron chi connectivity index (χ1n) is 5.64. The van der Waals surface area contributed by atoms with Gasteiger partial charge in [0.15, 0.2) is 0 Å². The van der Waals surface area contributed by atoms with Crippen LogP contribution in [0.1, 0.15) is 33.1 Å². The lowest BCUT2D eigenvalue weighted by molar-refractivity contribution is -0.136. The van der Waals surface area contributed by atoms with Gasteiger partial charge in [0.25, 0.3) is 0 Å². The molecule has 0 bridgehead atoms. The zero-order valence-corrected chi connectivity index (χ0v) is 10.0. The summed E-state index contributed by atoms with van der Waals surface area (Å²) in [6.45, 7) is 4.85. The van der Waals surface area contributed by atoms with Gasteiger partial charge in [-0.2, -0.15) is 0 Å². The SMILES string of the molecule is CC(C)CC(CN)CC(=O)NCCC(=O)O. The molecule has 0 aromatic heterocycles. The van der Waals surface area contributed by atoms with Crippen molar-refractivity contribution in [1.29, 1.82) is 0 Å². The number of carboxylic acid groups (broad SMARTS) is 1. The quantitative estimate of drug-likeness (QED) is 0.569. The van der Waals surface area contributed by atoms with Crippen molar-refractivity contribution in [3.05, 3.63) is 0 Å². The molecule has 0 rings (SSSR count). The molecule has 0 fully saturated rings. The van der Waals surface area contributed by atoms with E-state index in [0.29, 0.717) is 18.9 Å². The van der Waals surface area contributed by atoms with Crippen LogP contribution in [0.2, 0.25) is 0 Å². The molecule has 16 heavy (non-hydrogen) atoms. The van der Waals surface area contributed by atoms with Gasteiger partial charge in [-0.3, -0.25) is 9.59 Å². The lowest BCUT2D eigenvalue weighted by atomic mass is 9.94. The minimum atomic E-state index is -0.905. The molecule has 0 aliphatic rings. The van der Waals surface area contributed by atoms with Crippen molar-refractivity contribution in [2.24, 2.45) is 17.6 Å². The molecule has 0 heterocycles. The molecule has 1 atom stereocenters. The molecular formula is C11H22N2O3. The number of rotatable bonds is 8. The van der Waals surface area contributed by atoms with Gasteiger partial charge in [-0.1, -0.05) is 13.8 Å². The molecule has 0 aliphatic carbocycles. The van der Waals surface area contributed by atoms with E-state index in [9.17, 15) is 9.59 Å². The summed E-state index contributed by atoms with van der Waals surface area (Å²) >= 11 is 0. The van der Waals surface area contributed by atoms with Crippen LogP contribution < -0.4 is 11.1 Å². The number of aliphatic carboxylic acids is 1. The molecule has 0 radical (unpaired) electrons. The van der Waals surface area contributed by atoms with Crippen molar-refractivity contribution < 1.29 is 14.7 Å². The molecule has 1 amide bonds. The second-order valence-corrected chi connectivity index (χ2v) is 4.43. The van der Waals surface area contributed by atoms with Crippen molar-refractivity contribution in [2.45, 2.75) is 33.1 Å². The van der Waals surface area contributed by atoms with E-state index in [1.54, 1.807) is 0 Å². The molecule has 0 spiro atoms. The number of carboxylic acids is 1. The molecular weight excluding hydrogens is 208 g/mol. The van der Waals surface area contributed by atoms with Gasteiger partial charge in [0, 0.05) is 13.0 Å². The van der Waals surface area contributed by atoms with Crippen LogP contribution in [0.3, 0.4) is 0 Å². The second-order valence-electron chi connectivity index (χ2n) is 4.43. The van der Waals surface area contributed by atoms with Crippen LogP contribution in [-0.4, -0.2) is 30.1 Å². The minimum Gasteiger partial charge on any atom is -0.481 e. The average molecular weight is 230 g/mol. The lowest BCUT2D eigenvalue weighted by Gasteiger charge is -2.16. The normalized spacial score (nSPS) is 12.5. The summed E-state index contributed by atoms with van der Waals surface area (Å²) < 4.78 is 0. The van der Waals surface area contributed by atoms with Crippen LogP contribution in [0.5, 0.6) is 0 Å². The fraction of sp³-hybridized carbons (Fsp3) is 0.818. The second kappa shape index (κ2) is 8.10. The van der Waals surface area contributed by atoms with Gasteiger partial charge < -0.3 is 16.2 Å². The van der Waals surface area contributed by atoms with Crippen molar-refractivity contribution >= 4 is 11.9 Å². The van der Waals surface area contributed by atoms with E-state index in [4.69, 9.17) is 10.8 Å². The Labute approximate surface area is 96.4 Å². The molecule has 0 aromatic rings. The number of hydrogen-bond acceptors (Lipinski definition) is 3. The average Bonchev–Trinajstić information content (AvgIpc) is 2.15. The number of carbonyl (C=O) groups excluding carboxylic acids is 1. The van der Waals surface area contributed by atoms with E-state index in [0.717, 1.165) is 6.42 Å². The molecule has 4 N–H and O–H groups in total. The first-order valence-corrected chi connectivity index (χ1v) is 5.64. The fourth-order valence-corrected chi connectivity index (χ4v) is 1.57. The predicted molar refractivity (Wildman–Crippen MR) is 61.9 cm³/mol. The lowest BCUT2D eigenvalue weighted by Crippen LogP contribution is -2.30. The van der Waals surface area contributed by atoms with Gasteiger partial charge in [-0.15, -0.1) is 0 Å². The third kappa shape index (κ3) is 8.23. The topological polar surface area (TPSA) is 92.4 Å². The van der Waals surface area contributed by atoms with E-state index >= 15 is 0 Å². The van der Waals surface area contributed by atoms with Crippen LogP contribution >= 0.6 is 0 Å². The van der Waals surface area contributed by atoms with E-state index in [2.05, 4.69) is 19.2 Å². The summed E-state index contributed by atoms with van der Waals surface area (Å²) in [5, 5.41) is 11.0. The zero-order valence-electron chi connectivity index (χ0n) is 10.0. The Bertz CT molecular complexity index is 229. The third-order valence-corrected chi connectivity index (χ3v) is 2.27. The summed E-state index contributed by atoms with van der Waals surface area (Å²) in [6.07, 6.45) is 1.26. The van der Waals surface area contributed by atoms with Gasteiger partial charge >= 0.3 is 5.97 Å². The van der Waals surface area contributed by atoms with E-state index < -0.39 is 5.97 Å². The highest BCUT2D eigenvalue weighted by molar-refractivity contribution is 5.77. The van der Waals surface area contributed by atoms with Crippen LogP contribution in [-0.2, 0) is 9.59 Å². The number of nitrogens with one attached hydrogen (secondary N) is 1. The van der Waals surface area contributed by atoms with Crippen LogP contribution in [0.15, 0.2) is 0 Å². The van der Waals surface area contributed by atoms with Crippen LogP contribution in [0, 0.1) is 11.8 Å². The van der Waals surface area contributed by atoms with Crippen molar-refractivity contribution in [1.82, 2.24) is 5.32 Å². The Balaban J connectivity index is 3.78. The maximum Gasteiger partial charge on any atom is 0.305 e. The fourth-order valence-electron chi connectivity index (χ4n) is 1.57. The van der Waals surface area contributed by atoms with Gasteiger partial charge in [-0.05, 0) is 24.8 Å². The van der Waals surface area contributed by atoms with Crippen molar-refractivity contribution in [2.75, 3.05) is 13.1 Å². The Morgan fingerprint density at radius 1 is 1.38 bits per heavy atom. The van der Waals surface area contributed by atoms with Crippen molar-refractivity contribution in [3.8, 4) is 0 Å². The molecule has 5 nitrogen and oxygen atoms in total. The summed E-state index contributed by atoms with van der Waals surface area (Å²) in [6, 6.07) is 0. The van der Waals surface area contributed by atoms with Crippen LogP contribution in [0.4, 0.5) is 0 Å². The Kier molecular flexibility index (Phi) is 7.54. The summed E-state index contributed by atoms with van der Waals surface area (Å²) in [7, 11) is 0. The Hall–Kier alpha value is -1.10. The summed E-state index contributed by atoms with van der Waals surface area (Å²) in [5.74, 6) is -0.319. The van der Waals surface area contributed by atoms with E-state index in [-0.39, 0.29) is 24.8 Å².